The van der Waals surface area contributed by atoms with Gasteiger partial charge in [0.25, 0.3) is 0 Å². The van der Waals surface area contributed by atoms with Crippen LogP contribution in [0.25, 0.3) is 0 Å². The predicted molar refractivity (Wildman–Crippen MR) is 55.4 cm³/mol. The number of ether oxygens (including phenoxy) is 1. The first kappa shape index (κ1) is 11.3. The highest BCUT2D eigenvalue weighted by Gasteiger charge is 2.42. The molecule has 16 heavy (non-hydrogen) atoms. The van der Waals surface area contributed by atoms with Gasteiger partial charge in [0, 0.05) is 18.2 Å². The van der Waals surface area contributed by atoms with E-state index in [1.807, 2.05) is 0 Å². The van der Waals surface area contributed by atoms with Crippen molar-refractivity contribution in [1.82, 2.24) is 0 Å². The van der Waals surface area contributed by atoms with Crippen molar-refractivity contribution >= 4 is 0 Å². The molecule has 1 aliphatic rings. The number of rotatable bonds is 4. The Morgan fingerprint density at radius 2 is 2.06 bits per heavy atom. The van der Waals surface area contributed by atoms with E-state index in [2.05, 4.69) is 0 Å². The van der Waals surface area contributed by atoms with Crippen LogP contribution in [0.2, 0.25) is 0 Å². The molecule has 0 atom stereocenters. The summed E-state index contributed by atoms with van der Waals surface area (Å²) in [6.45, 7) is 0.0499. The van der Waals surface area contributed by atoms with Gasteiger partial charge in [-0.1, -0.05) is 0 Å². The molecule has 0 aliphatic heterocycles. The van der Waals surface area contributed by atoms with E-state index in [0.717, 1.165) is 18.9 Å². The molecule has 2 rings (SSSR count). The Bertz CT molecular complexity index is 400. The van der Waals surface area contributed by atoms with Gasteiger partial charge in [-0.25, -0.2) is 8.78 Å². The molecule has 0 spiro atoms. The second-order valence-electron chi connectivity index (χ2n) is 4.41. The molecule has 1 aromatic carbocycles. The molecular formula is C12H14F2O2. The van der Waals surface area contributed by atoms with Crippen molar-refractivity contribution in [2.75, 3.05) is 13.7 Å². The summed E-state index contributed by atoms with van der Waals surface area (Å²) in [5.74, 6) is -1.21. The van der Waals surface area contributed by atoms with E-state index >= 15 is 0 Å². The Morgan fingerprint density at radius 1 is 1.38 bits per heavy atom. The van der Waals surface area contributed by atoms with E-state index < -0.39 is 11.6 Å². The topological polar surface area (TPSA) is 29.5 Å². The zero-order chi connectivity index (χ0) is 11.8. The highest BCUT2D eigenvalue weighted by Crippen LogP contribution is 2.49. The molecule has 88 valence electrons. The second kappa shape index (κ2) is 4.01. The molecular weight excluding hydrogens is 214 g/mol. The fourth-order valence-corrected chi connectivity index (χ4v) is 1.95. The summed E-state index contributed by atoms with van der Waals surface area (Å²) in [5.41, 5.74) is 0.305. The summed E-state index contributed by atoms with van der Waals surface area (Å²) in [6, 6.07) is 2.08. The third-order valence-corrected chi connectivity index (χ3v) is 3.15. The van der Waals surface area contributed by atoms with Crippen LogP contribution in [-0.2, 0) is 6.42 Å². The van der Waals surface area contributed by atoms with Crippen LogP contribution < -0.4 is 4.74 Å². The van der Waals surface area contributed by atoms with Crippen LogP contribution in [0.15, 0.2) is 12.1 Å². The molecule has 0 radical (unpaired) electrons. The summed E-state index contributed by atoms with van der Waals surface area (Å²) in [4.78, 5) is 0. The minimum atomic E-state index is -0.689. The van der Waals surface area contributed by atoms with Crippen molar-refractivity contribution in [1.29, 1.82) is 0 Å². The summed E-state index contributed by atoms with van der Waals surface area (Å²) >= 11 is 0. The van der Waals surface area contributed by atoms with Crippen molar-refractivity contribution in [3.8, 4) is 5.75 Å². The standard InChI is InChI=1S/C12H14F2O2/c1-16-11-8(4-9(13)5-10(11)14)6-12(7-15)2-3-12/h4-5,15H,2-3,6-7H2,1H3. The molecule has 0 bridgehead atoms. The molecule has 2 nitrogen and oxygen atoms in total. The van der Waals surface area contributed by atoms with Crippen LogP contribution in [0.1, 0.15) is 18.4 Å². The van der Waals surface area contributed by atoms with E-state index in [0.29, 0.717) is 12.0 Å². The first-order valence-electron chi connectivity index (χ1n) is 5.23. The number of aliphatic hydroxyl groups excluding tert-OH is 1. The minimum Gasteiger partial charge on any atom is -0.493 e. The lowest BCUT2D eigenvalue weighted by Crippen LogP contribution is -2.11. The van der Waals surface area contributed by atoms with E-state index in [9.17, 15) is 13.9 Å². The van der Waals surface area contributed by atoms with Gasteiger partial charge in [0.1, 0.15) is 5.82 Å². The van der Waals surface area contributed by atoms with Crippen LogP contribution in [0.4, 0.5) is 8.78 Å². The van der Waals surface area contributed by atoms with Crippen LogP contribution in [0.5, 0.6) is 5.75 Å². The minimum absolute atomic E-state index is 0.0499. The number of halogens is 2. The Kier molecular flexibility index (Phi) is 2.84. The number of benzene rings is 1. The quantitative estimate of drug-likeness (QED) is 0.856. The smallest absolute Gasteiger partial charge is 0.168 e. The fourth-order valence-electron chi connectivity index (χ4n) is 1.95. The second-order valence-corrected chi connectivity index (χ2v) is 4.41. The molecule has 1 aliphatic carbocycles. The Morgan fingerprint density at radius 3 is 2.56 bits per heavy atom. The lowest BCUT2D eigenvalue weighted by molar-refractivity contribution is 0.209. The van der Waals surface area contributed by atoms with Crippen molar-refractivity contribution in [3.63, 3.8) is 0 Å². The van der Waals surface area contributed by atoms with Crippen LogP contribution in [0.3, 0.4) is 0 Å². The zero-order valence-corrected chi connectivity index (χ0v) is 9.09. The number of methoxy groups -OCH3 is 1. The van der Waals surface area contributed by atoms with Gasteiger partial charge in [-0.15, -0.1) is 0 Å². The first-order chi connectivity index (χ1) is 7.60. The molecule has 0 unspecified atom stereocenters. The SMILES string of the molecule is COc1c(F)cc(F)cc1CC1(CO)CC1. The summed E-state index contributed by atoms with van der Waals surface area (Å²) in [5, 5.41) is 9.19. The summed E-state index contributed by atoms with van der Waals surface area (Å²) < 4.78 is 31.4. The monoisotopic (exact) mass is 228 g/mol. The van der Waals surface area contributed by atoms with E-state index in [-0.39, 0.29) is 17.8 Å². The van der Waals surface area contributed by atoms with Crippen LogP contribution in [0, 0.1) is 17.0 Å². The zero-order valence-electron chi connectivity index (χ0n) is 9.09. The van der Waals surface area contributed by atoms with Crippen molar-refractivity contribution in [2.24, 2.45) is 5.41 Å². The van der Waals surface area contributed by atoms with Gasteiger partial charge in [0.15, 0.2) is 11.6 Å². The molecule has 1 aromatic rings. The van der Waals surface area contributed by atoms with Gasteiger partial charge in [-0.3, -0.25) is 0 Å². The molecule has 0 aromatic heterocycles. The molecule has 1 N–H and O–H groups in total. The first-order valence-corrected chi connectivity index (χ1v) is 5.23. The highest BCUT2D eigenvalue weighted by molar-refractivity contribution is 5.37. The highest BCUT2D eigenvalue weighted by atomic mass is 19.1. The largest absolute Gasteiger partial charge is 0.493 e. The normalized spacial score (nSPS) is 17.2. The Labute approximate surface area is 92.9 Å². The average Bonchev–Trinajstić information content (AvgIpc) is 2.98. The molecule has 0 saturated heterocycles. The lowest BCUT2D eigenvalue weighted by atomic mass is 9.96. The van der Waals surface area contributed by atoms with Gasteiger partial charge < -0.3 is 9.84 Å². The van der Waals surface area contributed by atoms with Gasteiger partial charge >= 0.3 is 0 Å². The van der Waals surface area contributed by atoms with E-state index in [1.54, 1.807) is 0 Å². The maximum atomic E-state index is 13.4. The van der Waals surface area contributed by atoms with Crippen LogP contribution in [-0.4, -0.2) is 18.8 Å². The number of hydrogen-bond donors (Lipinski definition) is 1. The Hall–Kier alpha value is -1.16. The third-order valence-electron chi connectivity index (χ3n) is 3.15. The average molecular weight is 228 g/mol. The molecule has 0 amide bonds. The lowest BCUT2D eigenvalue weighted by Gasteiger charge is -2.15. The Balaban J connectivity index is 2.31. The van der Waals surface area contributed by atoms with Crippen LogP contribution >= 0.6 is 0 Å². The maximum absolute atomic E-state index is 13.4. The van der Waals surface area contributed by atoms with E-state index in [4.69, 9.17) is 4.74 Å². The van der Waals surface area contributed by atoms with Gasteiger partial charge in [-0.2, -0.15) is 0 Å². The predicted octanol–water partition coefficient (Wildman–Crippen LogP) is 2.29. The summed E-state index contributed by atoms with van der Waals surface area (Å²) in [7, 11) is 1.36. The van der Waals surface area contributed by atoms with Gasteiger partial charge in [0.05, 0.1) is 7.11 Å². The van der Waals surface area contributed by atoms with Crippen molar-refractivity contribution < 1.29 is 18.6 Å². The van der Waals surface area contributed by atoms with Crippen molar-refractivity contribution in [2.45, 2.75) is 19.3 Å². The van der Waals surface area contributed by atoms with Crippen molar-refractivity contribution in [3.05, 3.63) is 29.3 Å². The fraction of sp³-hybridized carbons (Fsp3) is 0.500. The summed E-state index contributed by atoms with van der Waals surface area (Å²) in [6.07, 6.45) is 2.25. The number of hydrogen-bond acceptors (Lipinski definition) is 2. The molecule has 4 heteroatoms. The van der Waals surface area contributed by atoms with Gasteiger partial charge in [-0.05, 0) is 30.7 Å². The molecule has 1 fully saturated rings. The molecule has 0 heterocycles. The van der Waals surface area contributed by atoms with Gasteiger partial charge in [0.2, 0.25) is 0 Å². The third kappa shape index (κ3) is 2.02. The number of aliphatic hydroxyl groups is 1. The maximum Gasteiger partial charge on any atom is 0.168 e. The molecule has 1 saturated carbocycles. The van der Waals surface area contributed by atoms with E-state index in [1.165, 1.54) is 13.2 Å².